The summed E-state index contributed by atoms with van der Waals surface area (Å²) in [5.41, 5.74) is 2.25. The van der Waals surface area contributed by atoms with Crippen LogP contribution in [0.15, 0.2) is 71.6 Å². The van der Waals surface area contributed by atoms with Crippen LogP contribution in [0, 0.1) is 5.82 Å². The fourth-order valence-electron chi connectivity index (χ4n) is 4.36. The third-order valence-corrected chi connectivity index (χ3v) is 8.79. The molecule has 8 nitrogen and oxygen atoms in total. The molecule has 1 aliphatic heterocycles. The zero-order chi connectivity index (χ0) is 28.0. The predicted molar refractivity (Wildman–Crippen MR) is 145 cm³/mol. The zero-order valence-corrected chi connectivity index (χ0v) is 23.3. The quantitative estimate of drug-likeness (QED) is 0.328. The Kier molecular flexibility index (Phi) is 9.58. The van der Waals surface area contributed by atoms with Crippen molar-refractivity contribution in [2.75, 3.05) is 46.9 Å². The Morgan fingerprint density at radius 1 is 1.00 bits per heavy atom. The Labute approximate surface area is 232 Å². The molecule has 208 valence electrons. The fraction of sp³-hybridized carbons (Fsp3) is 0.321. The summed E-state index contributed by atoms with van der Waals surface area (Å²) in [4.78, 5) is 13.4. The maximum absolute atomic E-state index is 14.5. The van der Waals surface area contributed by atoms with Crippen LogP contribution in [-0.4, -0.2) is 70.5 Å². The van der Waals surface area contributed by atoms with Gasteiger partial charge in [-0.1, -0.05) is 41.9 Å². The highest BCUT2D eigenvalue weighted by Gasteiger charge is 2.32. The summed E-state index contributed by atoms with van der Waals surface area (Å²) in [5, 5.41) is -0.229. The Balaban J connectivity index is 1.44. The van der Waals surface area contributed by atoms with E-state index in [9.17, 15) is 17.6 Å². The second-order valence-corrected chi connectivity index (χ2v) is 11.3. The van der Waals surface area contributed by atoms with Gasteiger partial charge in [-0.25, -0.2) is 17.6 Å². The highest BCUT2D eigenvalue weighted by Crippen LogP contribution is 2.28. The van der Waals surface area contributed by atoms with Crippen molar-refractivity contribution in [1.29, 1.82) is 0 Å². The van der Waals surface area contributed by atoms with Crippen molar-refractivity contribution in [2.45, 2.75) is 17.6 Å². The Morgan fingerprint density at radius 3 is 2.36 bits per heavy atom. The molecule has 0 spiro atoms. The number of methoxy groups -OCH3 is 2. The van der Waals surface area contributed by atoms with Gasteiger partial charge in [0.1, 0.15) is 10.6 Å². The van der Waals surface area contributed by atoms with Crippen molar-refractivity contribution >= 4 is 27.6 Å². The van der Waals surface area contributed by atoms with Crippen molar-refractivity contribution in [1.82, 2.24) is 9.21 Å². The first-order valence-electron chi connectivity index (χ1n) is 12.3. The van der Waals surface area contributed by atoms with Crippen LogP contribution in [0.3, 0.4) is 0 Å². The molecule has 0 N–H and O–H groups in total. The van der Waals surface area contributed by atoms with Gasteiger partial charge in [0.15, 0.2) is 5.82 Å². The van der Waals surface area contributed by atoms with E-state index in [1.807, 2.05) is 36.4 Å². The minimum Gasteiger partial charge on any atom is -0.497 e. The number of nitrogens with zero attached hydrogens (tertiary/aromatic N) is 2. The zero-order valence-electron chi connectivity index (χ0n) is 21.7. The number of esters is 1. The smallest absolute Gasteiger partial charge is 0.337 e. The molecule has 3 aromatic rings. The van der Waals surface area contributed by atoms with E-state index < -0.39 is 26.7 Å². The maximum atomic E-state index is 14.5. The lowest BCUT2D eigenvalue weighted by atomic mass is 10.1. The van der Waals surface area contributed by atoms with Crippen LogP contribution in [-0.2, 0) is 26.1 Å². The molecule has 0 aliphatic carbocycles. The van der Waals surface area contributed by atoms with Crippen molar-refractivity contribution in [3.8, 4) is 5.75 Å². The molecule has 3 aromatic carbocycles. The lowest BCUT2D eigenvalue weighted by molar-refractivity contribution is 0.00760. The molecule has 1 fully saturated rings. The van der Waals surface area contributed by atoms with Crippen molar-refractivity contribution < 1.29 is 31.8 Å². The minimum atomic E-state index is -4.02. The molecule has 1 unspecified atom stereocenters. The normalized spacial score (nSPS) is 15.6. The van der Waals surface area contributed by atoms with Crippen molar-refractivity contribution in [2.24, 2.45) is 0 Å². The fourth-order valence-corrected chi connectivity index (χ4v) is 6.10. The number of carbonyl (C=O) groups excluding carboxylic acids is 1. The Hall–Kier alpha value is -3.02. The molecule has 1 saturated heterocycles. The molecule has 0 aromatic heterocycles. The molecule has 0 amide bonds. The van der Waals surface area contributed by atoms with E-state index in [-0.39, 0.29) is 24.2 Å². The molecule has 11 heteroatoms. The molecular weight excluding hydrogens is 547 g/mol. The topological polar surface area (TPSA) is 85.4 Å². The van der Waals surface area contributed by atoms with Crippen molar-refractivity contribution in [3.05, 3.63) is 94.3 Å². The van der Waals surface area contributed by atoms with Crippen molar-refractivity contribution in [3.63, 3.8) is 0 Å². The largest absolute Gasteiger partial charge is 0.497 e. The number of rotatable bonds is 10. The van der Waals surface area contributed by atoms with Gasteiger partial charge in [-0.05, 0) is 47.5 Å². The van der Waals surface area contributed by atoms with E-state index in [0.29, 0.717) is 37.6 Å². The van der Waals surface area contributed by atoms with Gasteiger partial charge >= 0.3 is 5.97 Å². The standard InChI is InChI=1S/C28H30ClFN2O6S/c1-36-23-6-3-5-22(17-23)25(38-19-20-9-11-21(12-10-20)28(33)37-2)18-31-13-15-32(16-14-31)39(34,35)26-8-4-7-24(29)27(26)30/h3-12,17,25H,13-16,18-19H2,1-2H3. The third kappa shape index (κ3) is 6.95. The number of ether oxygens (including phenoxy) is 3. The van der Waals surface area contributed by atoms with Gasteiger partial charge in [0.25, 0.3) is 0 Å². The molecule has 39 heavy (non-hydrogen) atoms. The summed E-state index contributed by atoms with van der Waals surface area (Å²) < 4.78 is 58.3. The van der Waals surface area contributed by atoms with E-state index in [0.717, 1.165) is 11.1 Å². The van der Waals surface area contributed by atoms with Gasteiger partial charge in [-0.3, -0.25) is 4.90 Å². The van der Waals surface area contributed by atoms with E-state index in [2.05, 4.69) is 4.90 Å². The van der Waals surface area contributed by atoms with Crippen LogP contribution in [0.2, 0.25) is 5.02 Å². The summed E-state index contributed by atoms with van der Waals surface area (Å²) in [7, 11) is -1.09. The minimum absolute atomic E-state index is 0.202. The molecule has 1 heterocycles. The lowest BCUT2D eigenvalue weighted by Gasteiger charge is -2.36. The molecule has 0 bridgehead atoms. The number of sulfonamides is 1. The average Bonchev–Trinajstić information content (AvgIpc) is 2.96. The predicted octanol–water partition coefficient (Wildman–Crippen LogP) is 4.54. The number of carbonyl (C=O) groups is 1. The summed E-state index contributed by atoms with van der Waals surface area (Å²) in [6, 6.07) is 18.6. The van der Waals surface area contributed by atoms with Crippen LogP contribution in [0.5, 0.6) is 5.75 Å². The summed E-state index contributed by atoms with van der Waals surface area (Å²) in [6.45, 7) is 2.10. The van der Waals surface area contributed by atoms with Gasteiger partial charge in [-0.15, -0.1) is 0 Å². The molecule has 1 atom stereocenters. The number of hydrogen-bond acceptors (Lipinski definition) is 7. The molecule has 1 aliphatic rings. The van der Waals surface area contributed by atoms with Gasteiger partial charge in [0.05, 0.1) is 37.5 Å². The van der Waals surface area contributed by atoms with E-state index in [1.165, 1.54) is 29.6 Å². The first-order valence-corrected chi connectivity index (χ1v) is 14.1. The van der Waals surface area contributed by atoms with Gasteiger partial charge in [0, 0.05) is 32.7 Å². The number of halogens is 2. The lowest BCUT2D eigenvalue weighted by Crippen LogP contribution is -2.49. The van der Waals surface area contributed by atoms with Gasteiger partial charge < -0.3 is 14.2 Å². The maximum Gasteiger partial charge on any atom is 0.337 e. The SMILES string of the molecule is COC(=O)c1ccc(COC(CN2CCN(S(=O)(=O)c3cccc(Cl)c3F)CC2)c2cccc(OC)c2)cc1. The summed E-state index contributed by atoms with van der Waals surface area (Å²) >= 11 is 5.81. The van der Waals surface area contributed by atoms with E-state index in [1.54, 1.807) is 19.2 Å². The molecule has 0 radical (unpaired) electrons. The molecule has 0 saturated carbocycles. The van der Waals surface area contributed by atoms with Gasteiger partial charge in [0.2, 0.25) is 10.0 Å². The van der Waals surface area contributed by atoms with E-state index >= 15 is 0 Å². The second kappa shape index (κ2) is 12.9. The first kappa shape index (κ1) is 29.0. The number of hydrogen-bond donors (Lipinski definition) is 0. The Morgan fingerprint density at radius 2 is 1.69 bits per heavy atom. The van der Waals surface area contributed by atoms with Crippen LogP contribution < -0.4 is 4.74 Å². The number of benzene rings is 3. The third-order valence-electron chi connectivity index (χ3n) is 6.58. The average molecular weight is 577 g/mol. The van der Waals surface area contributed by atoms with Crippen LogP contribution in [0.4, 0.5) is 4.39 Å². The second-order valence-electron chi connectivity index (χ2n) is 9.02. The van der Waals surface area contributed by atoms with Crippen LogP contribution >= 0.6 is 11.6 Å². The monoisotopic (exact) mass is 576 g/mol. The summed E-state index contributed by atoms with van der Waals surface area (Å²) in [6.07, 6.45) is -0.339. The van der Waals surface area contributed by atoms with Gasteiger partial charge in [-0.2, -0.15) is 4.31 Å². The summed E-state index contributed by atoms with van der Waals surface area (Å²) in [5.74, 6) is -0.647. The Bertz CT molecular complexity index is 1400. The highest BCUT2D eigenvalue weighted by molar-refractivity contribution is 7.89. The highest BCUT2D eigenvalue weighted by atomic mass is 35.5. The molecular formula is C28H30ClFN2O6S. The van der Waals surface area contributed by atoms with E-state index in [4.69, 9.17) is 25.8 Å². The van der Waals surface area contributed by atoms with Crippen LogP contribution in [0.25, 0.3) is 0 Å². The molecule has 4 rings (SSSR count). The number of piperazine rings is 1. The first-order chi connectivity index (χ1) is 18.7. The van der Waals surface area contributed by atoms with Crippen LogP contribution in [0.1, 0.15) is 27.6 Å².